The van der Waals surface area contributed by atoms with Gasteiger partial charge in [-0.05, 0) is 50.2 Å². The van der Waals surface area contributed by atoms with Crippen molar-refractivity contribution < 1.29 is 4.74 Å². The molecule has 0 radical (unpaired) electrons. The Hall–Kier alpha value is -1.22. The molecule has 0 unspecified atom stereocenters. The zero-order chi connectivity index (χ0) is 14.9. The number of rotatable bonds is 3. The average molecular weight is 288 g/mol. The van der Waals surface area contributed by atoms with E-state index in [0.29, 0.717) is 5.41 Å². The van der Waals surface area contributed by atoms with Crippen LogP contribution in [0.5, 0.6) is 5.75 Å². The molecule has 2 fully saturated rings. The van der Waals surface area contributed by atoms with Crippen LogP contribution < -0.4 is 15.4 Å². The third-order valence-corrected chi connectivity index (χ3v) is 5.55. The Kier molecular flexibility index (Phi) is 4.12. The Morgan fingerprint density at radius 1 is 1.14 bits per heavy atom. The SMILES string of the molecule is COc1cccc(N2CCC3(CCCC3)CC2)c1[C@@H](C)N. The van der Waals surface area contributed by atoms with Gasteiger partial charge in [0.25, 0.3) is 0 Å². The fourth-order valence-electron chi connectivity index (χ4n) is 4.29. The molecular weight excluding hydrogens is 260 g/mol. The van der Waals surface area contributed by atoms with Crippen molar-refractivity contribution in [1.29, 1.82) is 0 Å². The van der Waals surface area contributed by atoms with Crippen LogP contribution in [0.3, 0.4) is 0 Å². The molecule has 1 saturated heterocycles. The van der Waals surface area contributed by atoms with E-state index >= 15 is 0 Å². The van der Waals surface area contributed by atoms with E-state index < -0.39 is 0 Å². The highest BCUT2D eigenvalue weighted by Gasteiger charge is 2.37. The van der Waals surface area contributed by atoms with Crippen molar-refractivity contribution in [3.63, 3.8) is 0 Å². The number of nitrogens with zero attached hydrogens (tertiary/aromatic N) is 1. The molecule has 1 heterocycles. The van der Waals surface area contributed by atoms with E-state index in [0.717, 1.165) is 24.4 Å². The Labute approximate surface area is 128 Å². The Bertz CT molecular complexity index is 482. The fourth-order valence-corrected chi connectivity index (χ4v) is 4.29. The number of hydrogen-bond donors (Lipinski definition) is 1. The predicted molar refractivity (Wildman–Crippen MR) is 87.9 cm³/mol. The maximum atomic E-state index is 6.21. The lowest BCUT2D eigenvalue weighted by molar-refractivity contribution is 0.226. The quantitative estimate of drug-likeness (QED) is 0.917. The molecule has 1 aromatic rings. The Morgan fingerprint density at radius 3 is 2.38 bits per heavy atom. The number of benzene rings is 1. The number of piperidine rings is 1. The van der Waals surface area contributed by atoms with E-state index in [-0.39, 0.29) is 6.04 Å². The van der Waals surface area contributed by atoms with Gasteiger partial charge in [-0.15, -0.1) is 0 Å². The van der Waals surface area contributed by atoms with Crippen molar-refractivity contribution in [2.75, 3.05) is 25.1 Å². The Balaban J connectivity index is 1.81. The van der Waals surface area contributed by atoms with Gasteiger partial charge in [0, 0.05) is 30.4 Å². The molecule has 0 aromatic heterocycles. The zero-order valence-corrected chi connectivity index (χ0v) is 13.4. The van der Waals surface area contributed by atoms with E-state index in [1.54, 1.807) is 7.11 Å². The van der Waals surface area contributed by atoms with Gasteiger partial charge in [-0.3, -0.25) is 0 Å². The van der Waals surface area contributed by atoms with Gasteiger partial charge in [0.15, 0.2) is 0 Å². The first kappa shape index (κ1) is 14.7. The Morgan fingerprint density at radius 2 is 1.81 bits per heavy atom. The molecule has 21 heavy (non-hydrogen) atoms. The second-order valence-corrected chi connectivity index (χ2v) is 6.88. The third-order valence-electron chi connectivity index (χ3n) is 5.55. The highest BCUT2D eigenvalue weighted by molar-refractivity contribution is 5.61. The molecule has 2 N–H and O–H groups in total. The van der Waals surface area contributed by atoms with Crippen molar-refractivity contribution >= 4 is 5.69 Å². The molecule has 116 valence electrons. The maximum absolute atomic E-state index is 6.21. The van der Waals surface area contributed by atoms with Crippen molar-refractivity contribution in [2.45, 2.75) is 51.5 Å². The fraction of sp³-hybridized carbons (Fsp3) is 0.667. The number of anilines is 1. The summed E-state index contributed by atoms with van der Waals surface area (Å²) < 4.78 is 5.52. The number of ether oxygens (including phenoxy) is 1. The molecule has 3 nitrogen and oxygen atoms in total. The van der Waals surface area contributed by atoms with Gasteiger partial charge >= 0.3 is 0 Å². The molecule has 0 amide bonds. The molecule has 2 aliphatic rings. The van der Waals surface area contributed by atoms with Gasteiger partial charge in [0.2, 0.25) is 0 Å². The molecule has 0 bridgehead atoms. The minimum absolute atomic E-state index is 0.00137. The summed E-state index contributed by atoms with van der Waals surface area (Å²) in [7, 11) is 1.73. The van der Waals surface area contributed by atoms with E-state index in [4.69, 9.17) is 10.5 Å². The molecule has 1 aromatic carbocycles. The molecule has 3 heteroatoms. The van der Waals surface area contributed by atoms with E-state index in [2.05, 4.69) is 17.0 Å². The van der Waals surface area contributed by atoms with E-state index in [1.165, 1.54) is 44.2 Å². The number of methoxy groups -OCH3 is 1. The van der Waals surface area contributed by atoms with Crippen LogP contribution in [0.1, 0.15) is 57.1 Å². The minimum Gasteiger partial charge on any atom is -0.496 e. The molecule has 1 aliphatic carbocycles. The summed E-state index contributed by atoms with van der Waals surface area (Å²) in [6.07, 6.45) is 8.43. The van der Waals surface area contributed by atoms with Crippen LogP contribution in [-0.4, -0.2) is 20.2 Å². The second kappa shape index (κ2) is 5.88. The van der Waals surface area contributed by atoms with Crippen LogP contribution in [0, 0.1) is 5.41 Å². The molecule has 1 saturated carbocycles. The summed E-state index contributed by atoms with van der Waals surface area (Å²) in [6.45, 7) is 4.36. The van der Waals surface area contributed by atoms with Crippen LogP contribution in [0.15, 0.2) is 18.2 Å². The number of nitrogens with two attached hydrogens (primary N) is 1. The summed E-state index contributed by atoms with van der Waals surface area (Å²) in [5, 5.41) is 0. The van der Waals surface area contributed by atoms with Crippen LogP contribution in [0.2, 0.25) is 0 Å². The van der Waals surface area contributed by atoms with Crippen molar-refractivity contribution in [3.05, 3.63) is 23.8 Å². The topological polar surface area (TPSA) is 38.5 Å². The van der Waals surface area contributed by atoms with Gasteiger partial charge in [-0.1, -0.05) is 18.9 Å². The van der Waals surface area contributed by atoms with E-state index in [9.17, 15) is 0 Å². The number of hydrogen-bond acceptors (Lipinski definition) is 3. The molecule has 1 aliphatic heterocycles. The minimum atomic E-state index is -0.00137. The summed E-state index contributed by atoms with van der Waals surface area (Å²) in [6, 6.07) is 6.30. The standard InChI is InChI=1S/C18H28N2O/c1-14(19)17-15(6-5-7-16(17)21-2)20-12-10-18(11-13-20)8-3-4-9-18/h5-7,14H,3-4,8-13,19H2,1-2H3/t14-/m1/s1. The largest absolute Gasteiger partial charge is 0.496 e. The van der Waals surface area contributed by atoms with Crippen LogP contribution in [0.25, 0.3) is 0 Å². The lowest BCUT2D eigenvalue weighted by Gasteiger charge is -2.41. The first-order valence-electron chi connectivity index (χ1n) is 8.33. The van der Waals surface area contributed by atoms with Gasteiger partial charge in [-0.2, -0.15) is 0 Å². The normalized spacial score (nSPS) is 22.5. The second-order valence-electron chi connectivity index (χ2n) is 6.88. The van der Waals surface area contributed by atoms with Crippen LogP contribution in [0.4, 0.5) is 5.69 Å². The lowest BCUT2D eigenvalue weighted by atomic mass is 9.77. The highest BCUT2D eigenvalue weighted by atomic mass is 16.5. The van der Waals surface area contributed by atoms with Crippen LogP contribution >= 0.6 is 0 Å². The summed E-state index contributed by atoms with van der Waals surface area (Å²) in [5.41, 5.74) is 9.29. The maximum Gasteiger partial charge on any atom is 0.125 e. The van der Waals surface area contributed by atoms with Gasteiger partial charge < -0.3 is 15.4 Å². The summed E-state index contributed by atoms with van der Waals surface area (Å²) in [4.78, 5) is 2.52. The first-order valence-corrected chi connectivity index (χ1v) is 8.33. The predicted octanol–water partition coefficient (Wildman–Crippen LogP) is 3.88. The monoisotopic (exact) mass is 288 g/mol. The smallest absolute Gasteiger partial charge is 0.125 e. The molecular formula is C18H28N2O. The van der Waals surface area contributed by atoms with Gasteiger partial charge in [0.05, 0.1) is 7.11 Å². The van der Waals surface area contributed by atoms with Crippen molar-refractivity contribution in [2.24, 2.45) is 11.1 Å². The zero-order valence-electron chi connectivity index (χ0n) is 13.4. The third kappa shape index (κ3) is 2.76. The first-order chi connectivity index (χ1) is 10.2. The molecule has 1 atom stereocenters. The van der Waals surface area contributed by atoms with Crippen LogP contribution in [-0.2, 0) is 0 Å². The van der Waals surface area contributed by atoms with Crippen molar-refractivity contribution in [1.82, 2.24) is 0 Å². The van der Waals surface area contributed by atoms with E-state index in [1.807, 2.05) is 13.0 Å². The average Bonchev–Trinajstić information content (AvgIpc) is 2.95. The van der Waals surface area contributed by atoms with Gasteiger partial charge in [-0.25, -0.2) is 0 Å². The summed E-state index contributed by atoms with van der Waals surface area (Å²) >= 11 is 0. The molecule has 1 spiro atoms. The highest BCUT2D eigenvalue weighted by Crippen LogP contribution is 2.47. The van der Waals surface area contributed by atoms with Crippen molar-refractivity contribution in [3.8, 4) is 5.75 Å². The van der Waals surface area contributed by atoms with Gasteiger partial charge in [0.1, 0.15) is 5.75 Å². The lowest BCUT2D eigenvalue weighted by Crippen LogP contribution is -2.39. The summed E-state index contributed by atoms with van der Waals surface area (Å²) in [5.74, 6) is 0.920. The molecule has 3 rings (SSSR count).